The molecule has 0 spiro atoms. The molecule has 0 aromatic heterocycles. The molecule has 0 aliphatic rings. The molecule has 0 saturated carbocycles. The standard InChI is InChI=1S/C21H37N5O2/c1-16(15-17-9-3-2-4-10-17)26-21(28)19(24)12-6-8-14-25-20(27)18(23)11-5-7-13-22/h2-4,9-10,16,18-19H,5-8,11-15,22-24H2,1H3,(H,25,27)(H,26,28)/t16-,18-,19-/m0/s1. The van der Waals surface area contributed by atoms with Crippen LogP contribution < -0.4 is 27.8 Å². The largest absolute Gasteiger partial charge is 0.355 e. The quantitative estimate of drug-likeness (QED) is 0.299. The van der Waals surface area contributed by atoms with Gasteiger partial charge < -0.3 is 27.8 Å². The minimum Gasteiger partial charge on any atom is -0.355 e. The van der Waals surface area contributed by atoms with Gasteiger partial charge in [-0.05, 0) is 57.6 Å². The van der Waals surface area contributed by atoms with Crippen molar-refractivity contribution in [2.24, 2.45) is 17.2 Å². The molecule has 0 saturated heterocycles. The summed E-state index contributed by atoms with van der Waals surface area (Å²) in [4.78, 5) is 24.1. The Morgan fingerprint density at radius 1 is 0.929 bits per heavy atom. The second-order valence-electron chi connectivity index (χ2n) is 7.38. The van der Waals surface area contributed by atoms with Gasteiger partial charge >= 0.3 is 0 Å². The molecule has 7 nitrogen and oxygen atoms in total. The zero-order chi connectivity index (χ0) is 20.8. The van der Waals surface area contributed by atoms with Crippen molar-refractivity contribution in [1.29, 1.82) is 0 Å². The third-order valence-electron chi connectivity index (χ3n) is 4.66. The van der Waals surface area contributed by atoms with Crippen molar-refractivity contribution >= 4 is 11.8 Å². The lowest BCUT2D eigenvalue weighted by molar-refractivity contribution is -0.123. The molecule has 0 fully saturated rings. The Morgan fingerprint density at radius 3 is 2.18 bits per heavy atom. The van der Waals surface area contributed by atoms with Crippen molar-refractivity contribution in [3.05, 3.63) is 35.9 Å². The lowest BCUT2D eigenvalue weighted by atomic mass is 10.1. The summed E-state index contributed by atoms with van der Waals surface area (Å²) in [5.74, 6) is -0.261. The lowest BCUT2D eigenvalue weighted by Gasteiger charge is -2.18. The van der Waals surface area contributed by atoms with E-state index in [1.807, 2.05) is 37.3 Å². The summed E-state index contributed by atoms with van der Waals surface area (Å²) in [6.07, 6.45) is 5.28. The number of nitrogens with two attached hydrogens (primary N) is 3. The first kappa shape index (κ1) is 24.1. The van der Waals surface area contributed by atoms with Gasteiger partial charge in [-0.2, -0.15) is 0 Å². The van der Waals surface area contributed by atoms with Crippen LogP contribution in [0.3, 0.4) is 0 Å². The van der Waals surface area contributed by atoms with Gasteiger partial charge in [0.2, 0.25) is 11.8 Å². The average Bonchev–Trinajstić information content (AvgIpc) is 2.68. The normalized spacial score (nSPS) is 14.1. The summed E-state index contributed by atoms with van der Waals surface area (Å²) >= 11 is 0. The molecule has 0 bridgehead atoms. The predicted octanol–water partition coefficient (Wildman–Crippen LogP) is 0.804. The van der Waals surface area contributed by atoms with Crippen LogP contribution in [0.15, 0.2) is 30.3 Å². The Bertz CT molecular complexity index is 567. The number of unbranched alkanes of at least 4 members (excludes halogenated alkanes) is 2. The van der Waals surface area contributed by atoms with E-state index in [4.69, 9.17) is 17.2 Å². The molecular weight excluding hydrogens is 354 g/mol. The number of hydrogen-bond donors (Lipinski definition) is 5. The minimum atomic E-state index is -0.535. The molecule has 0 heterocycles. The van der Waals surface area contributed by atoms with E-state index >= 15 is 0 Å². The first-order chi connectivity index (χ1) is 13.4. The number of amides is 2. The number of nitrogens with one attached hydrogen (secondary N) is 2. The van der Waals surface area contributed by atoms with Crippen LogP contribution in [-0.4, -0.2) is 43.0 Å². The highest BCUT2D eigenvalue weighted by atomic mass is 16.2. The SMILES string of the molecule is C[C@@H](Cc1ccccc1)NC(=O)[C@@H](N)CCCCNC(=O)[C@@H](N)CCCCN. The molecule has 2 amide bonds. The maximum Gasteiger partial charge on any atom is 0.237 e. The van der Waals surface area contributed by atoms with Gasteiger partial charge in [0.25, 0.3) is 0 Å². The van der Waals surface area contributed by atoms with E-state index in [0.29, 0.717) is 25.9 Å². The van der Waals surface area contributed by atoms with Crippen molar-refractivity contribution in [1.82, 2.24) is 10.6 Å². The Morgan fingerprint density at radius 2 is 1.54 bits per heavy atom. The Hall–Kier alpha value is -1.96. The molecule has 28 heavy (non-hydrogen) atoms. The first-order valence-corrected chi connectivity index (χ1v) is 10.3. The minimum absolute atomic E-state index is 0.0287. The molecule has 1 aromatic rings. The van der Waals surface area contributed by atoms with Gasteiger partial charge in [-0.3, -0.25) is 9.59 Å². The lowest BCUT2D eigenvalue weighted by Crippen LogP contribution is -2.45. The summed E-state index contributed by atoms with van der Waals surface area (Å²) in [5, 5.41) is 5.80. The smallest absolute Gasteiger partial charge is 0.237 e. The van der Waals surface area contributed by atoms with Gasteiger partial charge in [0.1, 0.15) is 0 Å². The molecule has 1 rings (SSSR count). The number of benzene rings is 1. The van der Waals surface area contributed by atoms with Crippen LogP contribution in [0.5, 0.6) is 0 Å². The molecular formula is C21H37N5O2. The van der Waals surface area contributed by atoms with Crippen molar-refractivity contribution in [2.75, 3.05) is 13.1 Å². The fourth-order valence-corrected chi connectivity index (χ4v) is 2.97. The third-order valence-corrected chi connectivity index (χ3v) is 4.66. The van der Waals surface area contributed by atoms with Crippen molar-refractivity contribution < 1.29 is 9.59 Å². The monoisotopic (exact) mass is 391 g/mol. The molecule has 0 aliphatic heterocycles. The fraction of sp³-hybridized carbons (Fsp3) is 0.619. The van der Waals surface area contributed by atoms with Crippen molar-refractivity contribution in [3.63, 3.8) is 0 Å². The van der Waals surface area contributed by atoms with E-state index in [2.05, 4.69) is 10.6 Å². The summed E-state index contributed by atoms with van der Waals surface area (Å²) in [7, 11) is 0. The van der Waals surface area contributed by atoms with Gasteiger partial charge in [-0.15, -0.1) is 0 Å². The van der Waals surface area contributed by atoms with Crippen LogP contribution in [0, 0.1) is 0 Å². The first-order valence-electron chi connectivity index (χ1n) is 10.3. The number of carbonyl (C=O) groups is 2. The third kappa shape index (κ3) is 10.4. The topological polar surface area (TPSA) is 136 Å². The Labute approximate surface area is 168 Å². The van der Waals surface area contributed by atoms with Crippen LogP contribution in [-0.2, 0) is 16.0 Å². The highest BCUT2D eigenvalue weighted by Gasteiger charge is 2.16. The van der Waals surface area contributed by atoms with E-state index in [1.54, 1.807) is 0 Å². The summed E-state index contributed by atoms with van der Waals surface area (Å²) in [6, 6.07) is 9.05. The van der Waals surface area contributed by atoms with Crippen LogP contribution in [0.4, 0.5) is 0 Å². The van der Waals surface area contributed by atoms with Gasteiger partial charge in [-0.1, -0.05) is 36.8 Å². The summed E-state index contributed by atoms with van der Waals surface area (Å²) < 4.78 is 0. The zero-order valence-electron chi connectivity index (χ0n) is 17.0. The zero-order valence-corrected chi connectivity index (χ0v) is 17.0. The Balaban J connectivity index is 2.14. The second kappa shape index (κ2) is 14.1. The van der Waals surface area contributed by atoms with E-state index in [0.717, 1.165) is 32.1 Å². The van der Waals surface area contributed by atoms with E-state index in [-0.39, 0.29) is 17.9 Å². The molecule has 3 atom stereocenters. The maximum atomic E-state index is 12.2. The number of carbonyl (C=O) groups excluding carboxylic acids is 2. The van der Waals surface area contributed by atoms with Crippen LogP contribution in [0.2, 0.25) is 0 Å². The van der Waals surface area contributed by atoms with Gasteiger partial charge in [0, 0.05) is 12.6 Å². The summed E-state index contributed by atoms with van der Waals surface area (Å²) in [5.41, 5.74) is 18.4. The van der Waals surface area contributed by atoms with E-state index in [1.165, 1.54) is 5.56 Å². The molecule has 1 aromatic carbocycles. The second-order valence-corrected chi connectivity index (χ2v) is 7.38. The molecule has 0 aliphatic carbocycles. The molecule has 0 unspecified atom stereocenters. The molecule has 8 N–H and O–H groups in total. The van der Waals surface area contributed by atoms with Crippen molar-refractivity contribution in [3.8, 4) is 0 Å². The Kier molecular flexibility index (Phi) is 12.1. The number of hydrogen-bond acceptors (Lipinski definition) is 5. The van der Waals surface area contributed by atoms with E-state index in [9.17, 15) is 9.59 Å². The van der Waals surface area contributed by atoms with E-state index < -0.39 is 12.1 Å². The predicted molar refractivity (Wildman–Crippen MR) is 113 cm³/mol. The van der Waals surface area contributed by atoms with Crippen LogP contribution in [0.1, 0.15) is 51.0 Å². The summed E-state index contributed by atoms with van der Waals surface area (Å²) in [6.45, 7) is 3.14. The fourth-order valence-electron chi connectivity index (χ4n) is 2.97. The van der Waals surface area contributed by atoms with Gasteiger partial charge in [0.15, 0.2) is 0 Å². The van der Waals surface area contributed by atoms with Gasteiger partial charge in [-0.25, -0.2) is 0 Å². The number of rotatable bonds is 14. The molecule has 7 heteroatoms. The highest BCUT2D eigenvalue weighted by Crippen LogP contribution is 2.04. The van der Waals surface area contributed by atoms with Crippen LogP contribution in [0.25, 0.3) is 0 Å². The highest BCUT2D eigenvalue weighted by molar-refractivity contribution is 5.82. The van der Waals surface area contributed by atoms with Crippen LogP contribution >= 0.6 is 0 Å². The van der Waals surface area contributed by atoms with Gasteiger partial charge in [0.05, 0.1) is 12.1 Å². The maximum absolute atomic E-state index is 12.2. The van der Waals surface area contributed by atoms with Crippen molar-refractivity contribution in [2.45, 2.75) is 70.0 Å². The molecule has 0 radical (unpaired) electrons. The average molecular weight is 392 g/mol. The molecule has 158 valence electrons.